The highest BCUT2D eigenvalue weighted by molar-refractivity contribution is 5.35. The zero-order valence-electron chi connectivity index (χ0n) is 15.2. The van der Waals surface area contributed by atoms with E-state index in [1.165, 1.54) is 22.3 Å². The molecule has 2 unspecified atom stereocenters. The van der Waals surface area contributed by atoms with Gasteiger partial charge in [-0.3, -0.25) is 0 Å². The molecule has 3 rings (SSSR count). The van der Waals surface area contributed by atoms with Crippen LogP contribution < -0.4 is 0 Å². The van der Waals surface area contributed by atoms with Gasteiger partial charge in [-0.05, 0) is 33.1 Å². The maximum Gasteiger partial charge on any atom is 0.114 e. The van der Waals surface area contributed by atoms with E-state index < -0.39 is 0 Å². The molecule has 1 nitrogen and oxygen atoms in total. The van der Waals surface area contributed by atoms with Gasteiger partial charge in [0.05, 0.1) is 0 Å². The van der Waals surface area contributed by atoms with Gasteiger partial charge in [-0.25, -0.2) is 0 Å². The Balaban J connectivity index is 1.72. The Labute approximate surface area is 140 Å². The van der Waals surface area contributed by atoms with Gasteiger partial charge >= 0.3 is 0 Å². The SMILES string of the molecule is CC(C)(C)c1ccc(C2OC2c2ccc(C(C)(C)C)cc2)cc1. The zero-order valence-corrected chi connectivity index (χ0v) is 15.2. The lowest BCUT2D eigenvalue weighted by atomic mass is 9.86. The smallest absolute Gasteiger partial charge is 0.114 e. The van der Waals surface area contributed by atoms with Crippen molar-refractivity contribution in [2.45, 2.75) is 64.6 Å². The van der Waals surface area contributed by atoms with Gasteiger partial charge in [0, 0.05) is 0 Å². The largest absolute Gasteiger partial charge is 0.359 e. The lowest BCUT2D eigenvalue weighted by molar-refractivity contribution is 0.377. The van der Waals surface area contributed by atoms with Crippen molar-refractivity contribution in [1.82, 2.24) is 0 Å². The quantitative estimate of drug-likeness (QED) is 0.611. The molecule has 0 spiro atoms. The van der Waals surface area contributed by atoms with Gasteiger partial charge in [0.15, 0.2) is 0 Å². The first-order valence-electron chi connectivity index (χ1n) is 8.52. The van der Waals surface area contributed by atoms with Crippen LogP contribution in [-0.4, -0.2) is 0 Å². The van der Waals surface area contributed by atoms with Crippen LogP contribution in [0.1, 0.15) is 76.0 Å². The predicted molar refractivity (Wildman–Crippen MR) is 96.9 cm³/mol. The van der Waals surface area contributed by atoms with E-state index in [-0.39, 0.29) is 23.0 Å². The Bertz CT molecular complexity index is 604. The van der Waals surface area contributed by atoms with E-state index >= 15 is 0 Å². The fourth-order valence-corrected chi connectivity index (χ4v) is 2.96. The molecule has 1 aliphatic rings. The van der Waals surface area contributed by atoms with Crippen molar-refractivity contribution >= 4 is 0 Å². The summed E-state index contributed by atoms with van der Waals surface area (Å²) in [6.45, 7) is 13.5. The summed E-state index contributed by atoms with van der Waals surface area (Å²) in [6.07, 6.45) is 0.425. The Hall–Kier alpha value is -1.60. The molecule has 2 aromatic rings. The van der Waals surface area contributed by atoms with Gasteiger partial charge in [-0.15, -0.1) is 0 Å². The number of epoxide rings is 1. The van der Waals surface area contributed by atoms with Crippen molar-refractivity contribution in [3.63, 3.8) is 0 Å². The van der Waals surface area contributed by atoms with Gasteiger partial charge in [0.1, 0.15) is 12.2 Å². The first kappa shape index (κ1) is 16.3. The maximum absolute atomic E-state index is 5.94. The fourth-order valence-electron chi connectivity index (χ4n) is 2.96. The molecule has 1 heteroatoms. The van der Waals surface area contributed by atoms with Crippen LogP contribution in [0.25, 0.3) is 0 Å². The van der Waals surface area contributed by atoms with Crippen LogP contribution in [0.3, 0.4) is 0 Å². The van der Waals surface area contributed by atoms with E-state index in [0.29, 0.717) is 0 Å². The first-order chi connectivity index (χ1) is 10.7. The third kappa shape index (κ3) is 3.50. The second-order valence-corrected chi connectivity index (χ2v) is 8.72. The van der Waals surface area contributed by atoms with E-state index in [4.69, 9.17) is 4.74 Å². The molecular formula is C22H28O. The molecule has 0 aliphatic carbocycles. The molecule has 122 valence electrons. The highest BCUT2D eigenvalue weighted by atomic mass is 16.6. The molecule has 0 saturated carbocycles. The molecular weight excluding hydrogens is 280 g/mol. The van der Waals surface area contributed by atoms with Crippen molar-refractivity contribution < 1.29 is 4.74 Å². The van der Waals surface area contributed by atoms with Crippen molar-refractivity contribution in [3.8, 4) is 0 Å². The topological polar surface area (TPSA) is 12.5 Å². The Morgan fingerprint density at radius 2 is 0.870 bits per heavy atom. The highest BCUT2D eigenvalue weighted by Gasteiger charge is 2.41. The summed E-state index contributed by atoms with van der Waals surface area (Å²) < 4.78 is 5.94. The molecule has 0 amide bonds. The summed E-state index contributed by atoms with van der Waals surface area (Å²) in [5, 5.41) is 0. The molecule has 1 fully saturated rings. The number of benzene rings is 2. The molecule has 0 bridgehead atoms. The second kappa shape index (κ2) is 5.49. The first-order valence-corrected chi connectivity index (χ1v) is 8.52. The van der Waals surface area contributed by atoms with E-state index in [2.05, 4.69) is 90.1 Å². The van der Waals surface area contributed by atoms with Gasteiger partial charge < -0.3 is 4.74 Å². The molecule has 1 heterocycles. The Kier molecular flexibility index (Phi) is 3.88. The molecule has 2 atom stereocenters. The summed E-state index contributed by atoms with van der Waals surface area (Å²) >= 11 is 0. The third-order valence-corrected chi connectivity index (χ3v) is 4.70. The summed E-state index contributed by atoms with van der Waals surface area (Å²) in [6, 6.07) is 17.8. The Morgan fingerprint density at radius 3 is 1.13 bits per heavy atom. The fraction of sp³-hybridized carbons (Fsp3) is 0.455. The summed E-state index contributed by atoms with van der Waals surface area (Å²) in [4.78, 5) is 0. The van der Waals surface area contributed by atoms with Crippen molar-refractivity contribution in [3.05, 3.63) is 70.8 Å². The van der Waals surface area contributed by atoms with Gasteiger partial charge in [-0.2, -0.15) is 0 Å². The molecule has 1 aliphatic heterocycles. The van der Waals surface area contributed by atoms with Gasteiger partial charge in [-0.1, -0.05) is 90.1 Å². The van der Waals surface area contributed by atoms with Gasteiger partial charge in [0.2, 0.25) is 0 Å². The molecule has 0 aromatic heterocycles. The zero-order chi connectivity index (χ0) is 16.8. The number of rotatable bonds is 2. The summed E-state index contributed by atoms with van der Waals surface area (Å²) in [7, 11) is 0. The maximum atomic E-state index is 5.94. The minimum atomic E-state index is 0.200. The Morgan fingerprint density at radius 1 is 0.565 bits per heavy atom. The normalized spacial score (nSPS) is 21.3. The van der Waals surface area contributed by atoms with Crippen LogP contribution >= 0.6 is 0 Å². The van der Waals surface area contributed by atoms with E-state index in [1.807, 2.05) is 0 Å². The lowest BCUT2D eigenvalue weighted by Crippen LogP contribution is -2.10. The number of hydrogen-bond acceptors (Lipinski definition) is 1. The van der Waals surface area contributed by atoms with Crippen LogP contribution in [0, 0.1) is 0 Å². The molecule has 0 N–H and O–H groups in total. The number of hydrogen-bond donors (Lipinski definition) is 0. The number of ether oxygens (including phenoxy) is 1. The van der Waals surface area contributed by atoms with E-state index in [0.717, 1.165) is 0 Å². The van der Waals surface area contributed by atoms with Crippen LogP contribution in [0.2, 0.25) is 0 Å². The van der Waals surface area contributed by atoms with E-state index in [9.17, 15) is 0 Å². The molecule has 0 radical (unpaired) electrons. The minimum absolute atomic E-state index is 0.200. The third-order valence-electron chi connectivity index (χ3n) is 4.70. The van der Waals surface area contributed by atoms with Crippen LogP contribution in [0.5, 0.6) is 0 Å². The average Bonchev–Trinajstić information content (AvgIpc) is 3.26. The van der Waals surface area contributed by atoms with Crippen molar-refractivity contribution in [2.75, 3.05) is 0 Å². The average molecular weight is 308 g/mol. The highest BCUT2D eigenvalue weighted by Crippen LogP contribution is 2.51. The summed E-state index contributed by atoms with van der Waals surface area (Å²) in [5.41, 5.74) is 5.70. The molecule has 23 heavy (non-hydrogen) atoms. The summed E-state index contributed by atoms with van der Waals surface area (Å²) in [5.74, 6) is 0. The molecule has 2 aromatic carbocycles. The minimum Gasteiger partial charge on any atom is -0.359 e. The monoisotopic (exact) mass is 308 g/mol. The van der Waals surface area contributed by atoms with Gasteiger partial charge in [0.25, 0.3) is 0 Å². The van der Waals surface area contributed by atoms with Crippen LogP contribution in [0.4, 0.5) is 0 Å². The molecule has 1 saturated heterocycles. The standard InChI is InChI=1S/C22H28O/c1-21(2,3)17-11-7-15(8-12-17)19-20(23-19)16-9-13-18(14-10-16)22(4,5)6/h7-14,19-20H,1-6H3. The van der Waals surface area contributed by atoms with Crippen LogP contribution in [0.15, 0.2) is 48.5 Å². The van der Waals surface area contributed by atoms with Crippen LogP contribution in [-0.2, 0) is 15.6 Å². The van der Waals surface area contributed by atoms with Crippen molar-refractivity contribution in [1.29, 1.82) is 0 Å². The predicted octanol–water partition coefficient (Wildman–Crippen LogP) is 6.09. The van der Waals surface area contributed by atoms with Crippen molar-refractivity contribution in [2.24, 2.45) is 0 Å². The van der Waals surface area contributed by atoms with E-state index in [1.54, 1.807) is 0 Å². The lowest BCUT2D eigenvalue weighted by Gasteiger charge is -2.19. The second-order valence-electron chi connectivity index (χ2n) is 8.72.